The molecule has 0 aliphatic carbocycles. The second-order valence-electron chi connectivity index (χ2n) is 5.79. The number of carbonyl (C=O) groups excluding carboxylic acids is 1. The summed E-state index contributed by atoms with van der Waals surface area (Å²) in [6.07, 6.45) is 2.90. The van der Waals surface area contributed by atoms with E-state index in [1.807, 2.05) is 23.1 Å². The Bertz CT molecular complexity index is 402. The molecule has 3 heteroatoms. The van der Waals surface area contributed by atoms with Crippen molar-refractivity contribution in [3.63, 3.8) is 0 Å². The molecule has 3 nitrogen and oxygen atoms in total. The Labute approximate surface area is 116 Å². The normalized spacial score (nSPS) is 19.5. The number of amides is 1. The molecule has 1 aromatic rings. The minimum absolute atomic E-state index is 0.301. The van der Waals surface area contributed by atoms with Crippen LogP contribution in [0.5, 0.6) is 0 Å². The number of benzene rings is 1. The number of nitrogens with zero attached hydrogens (tertiary/aromatic N) is 1. The molecule has 19 heavy (non-hydrogen) atoms. The molecule has 1 unspecified atom stereocenters. The maximum atomic E-state index is 12.1. The number of likely N-dealkylation sites (tertiary alicyclic amines) is 1. The molecule has 0 bridgehead atoms. The summed E-state index contributed by atoms with van der Waals surface area (Å²) in [6, 6.07) is 10.6. The van der Waals surface area contributed by atoms with Crippen molar-refractivity contribution in [2.75, 3.05) is 18.4 Å². The number of rotatable bonds is 4. The lowest BCUT2D eigenvalue weighted by molar-refractivity contribution is -0.133. The number of para-hydroxylation sites is 1. The van der Waals surface area contributed by atoms with Crippen LogP contribution in [0.2, 0.25) is 0 Å². The van der Waals surface area contributed by atoms with Crippen LogP contribution in [-0.2, 0) is 4.79 Å². The van der Waals surface area contributed by atoms with Gasteiger partial charge in [0.15, 0.2) is 0 Å². The third-order valence-electron chi connectivity index (χ3n) is 3.50. The Hall–Kier alpha value is -1.51. The van der Waals surface area contributed by atoms with Crippen molar-refractivity contribution in [1.82, 2.24) is 4.90 Å². The average molecular weight is 260 g/mol. The number of nitrogens with one attached hydrogen (secondary N) is 1. The lowest BCUT2D eigenvalue weighted by Crippen LogP contribution is -2.45. The highest BCUT2D eigenvalue weighted by Crippen LogP contribution is 2.17. The van der Waals surface area contributed by atoms with Crippen LogP contribution in [0.3, 0.4) is 0 Å². The van der Waals surface area contributed by atoms with E-state index in [4.69, 9.17) is 0 Å². The molecule has 1 heterocycles. The summed E-state index contributed by atoms with van der Waals surface area (Å²) in [4.78, 5) is 14.1. The fraction of sp³-hybridized carbons (Fsp3) is 0.562. The maximum absolute atomic E-state index is 12.1. The molecular weight excluding hydrogens is 236 g/mol. The van der Waals surface area contributed by atoms with Gasteiger partial charge in [-0.3, -0.25) is 4.79 Å². The molecule has 1 fully saturated rings. The minimum Gasteiger partial charge on any atom is -0.381 e. The van der Waals surface area contributed by atoms with Gasteiger partial charge in [-0.15, -0.1) is 0 Å². The third kappa shape index (κ3) is 4.27. The second-order valence-corrected chi connectivity index (χ2v) is 5.79. The number of hydrogen-bond acceptors (Lipinski definition) is 2. The fourth-order valence-corrected chi connectivity index (χ4v) is 2.57. The highest BCUT2D eigenvalue weighted by molar-refractivity contribution is 5.76. The Kier molecular flexibility index (Phi) is 4.83. The van der Waals surface area contributed by atoms with Gasteiger partial charge in [-0.2, -0.15) is 0 Å². The lowest BCUT2D eigenvalue weighted by atomic mass is 10.0. The van der Waals surface area contributed by atoms with Gasteiger partial charge in [0.2, 0.25) is 5.91 Å². The summed E-state index contributed by atoms with van der Waals surface area (Å²) in [5, 5.41) is 3.53. The van der Waals surface area contributed by atoms with E-state index < -0.39 is 0 Å². The van der Waals surface area contributed by atoms with Crippen LogP contribution >= 0.6 is 0 Å². The minimum atomic E-state index is 0.301. The van der Waals surface area contributed by atoms with E-state index in [0.29, 0.717) is 24.3 Å². The Balaban J connectivity index is 1.88. The monoisotopic (exact) mass is 260 g/mol. The summed E-state index contributed by atoms with van der Waals surface area (Å²) in [7, 11) is 0. The van der Waals surface area contributed by atoms with Gasteiger partial charge >= 0.3 is 0 Å². The van der Waals surface area contributed by atoms with Crippen molar-refractivity contribution in [2.45, 2.75) is 39.2 Å². The first-order chi connectivity index (χ1) is 9.15. The van der Waals surface area contributed by atoms with Crippen molar-refractivity contribution < 1.29 is 4.79 Å². The van der Waals surface area contributed by atoms with Crippen LogP contribution in [0, 0.1) is 5.92 Å². The number of anilines is 1. The number of carbonyl (C=O) groups is 1. The zero-order valence-corrected chi connectivity index (χ0v) is 11.9. The Morgan fingerprint density at radius 3 is 2.79 bits per heavy atom. The van der Waals surface area contributed by atoms with Crippen molar-refractivity contribution >= 4 is 11.6 Å². The van der Waals surface area contributed by atoms with Crippen molar-refractivity contribution in [3.05, 3.63) is 30.3 Å². The molecule has 0 radical (unpaired) electrons. The molecule has 1 N–H and O–H groups in total. The van der Waals surface area contributed by atoms with Crippen molar-refractivity contribution in [2.24, 2.45) is 5.92 Å². The molecule has 1 atom stereocenters. The summed E-state index contributed by atoms with van der Waals surface area (Å²) >= 11 is 0. The molecule has 0 saturated carbocycles. The van der Waals surface area contributed by atoms with Gasteiger partial charge in [-0.25, -0.2) is 0 Å². The van der Waals surface area contributed by atoms with E-state index in [2.05, 4.69) is 31.3 Å². The molecule has 0 spiro atoms. The van der Waals surface area contributed by atoms with Crippen molar-refractivity contribution in [1.29, 1.82) is 0 Å². The quantitative estimate of drug-likeness (QED) is 0.902. The average Bonchev–Trinajstić information content (AvgIpc) is 2.39. The van der Waals surface area contributed by atoms with E-state index in [9.17, 15) is 4.79 Å². The predicted molar refractivity (Wildman–Crippen MR) is 79.1 cm³/mol. The summed E-state index contributed by atoms with van der Waals surface area (Å²) in [6.45, 7) is 5.95. The van der Waals surface area contributed by atoms with Gasteiger partial charge in [0, 0.05) is 31.2 Å². The van der Waals surface area contributed by atoms with Crippen LogP contribution in [0.4, 0.5) is 5.69 Å². The van der Waals surface area contributed by atoms with E-state index in [0.717, 1.165) is 31.6 Å². The molecule has 1 aromatic carbocycles. The van der Waals surface area contributed by atoms with Crippen LogP contribution in [-0.4, -0.2) is 29.9 Å². The van der Waals surface area contributed by atoms with Gasteiger partial charge in [0.1, 0.15) is 0 Å². The van der Waals surface area contributed by atoms with Gasteiger partial charge in [0.25, 0.3) is 0 Å². The zero-order chi connectivity index (χ0) is 13.7. The van der Waals surface area contributed by atoms with Gasteiger partial charge in [-0.1, -0.05) is 32.0 Å². The van der Waals surface area contributed by atoms with E-state index in [1.54, 1.807) is 0 Å². The largest absolute Gasteiger partial charge is 0.381 e. The molecule has 1 aliphatic heterocycles. The molecular formula is C16H24N2O. The fourth-order valence-electron chi connectivity index (χ4n) is 2.57. The second kappa shape index (κ2) is 6.60. The lowest BCUT2D eigenvalue weighted by Gasteiger charge is -2.34. The third-order valence-corrected chi connectivity index (χ3v) is 3.50. The summed E-state index contributed by atoms with van der Waals surface area (Å²) < 4.78 is 0. The predicted octanol–water partition coefficient (Wildman–Crippen LogP) is 3.14. The van der Waals surface area contributed by atoms with Crippen LogP contribution in [0.1, 0.15) is 33.1 Å². The molecule has 1 amide bonds. The first kappa shape index (κ1) is 13.9. The molecule has 0 aromatic heterocycles. The maximum Gasteiger partial charge on any atom is 0.222 e. The van der Waals surface area contributed by atoms with Crippen LogP contribution in [0.15, 0.2) is 30.3 Å². The van der Waals surface area contributed by atoms with E-state index in [-0.39, 0.29) is 0 Å². The zero-order valence-electron chi connectivity index (χ0n) is 11.9. The van der Waals surface area contributed by atoms with E-state index in [1.165, 1.54) is 0 Å². The smallest absolute Gasteiger partial charge is 0.222 e. The molecule has 2 rings (SSSR count). The standard InChI is InChI=1S/C16H24N2O/c1-13(2)11-16(19)18-10-6-9-15(12-18)17-14-7-4-3-5-8-14/h3-5,7-8,13,15,17H,6,9-12H2,1-2H3. The van der Waals surface area contributed by atoms with Gasteiger partial charge in [0.05, 0.1) is 0 Å². The summed E-state index contributed by atoms with van der Waals surface area (Å²) in [5.41, 5.74) is 1.14. The number of hydrogen-bond donors (Lipinski definition) is 1. The molecule has 1 saturated heterocycles. The van der Waals surface area contributed by atoms with Crippen LogP contribution in [0.25, 0.3) is 0 Å². The summed E-state index contributed by atoms with van der Waals surface area (Å²) in [5.74, 6) is 0.740. The number of piperidine rings is 1. The topological polar surface area (TPSA) is 32.3 Å². The van der Waals surface area contributed by atoms with Crippen molar-refractivity contribution in [3.8, 4) is 0 Å². The highest BCUT2D eigenvalue weighted by Gasteiger charge is 2.23. The Morgan fingerprint density at radius 1 is 1.37 bits per heavy atom. The highest BCUT2D eigenvalue weighted by atomic mass is 16.2. The first-order valence-electron chi connectivity index (χ1n) is 7.24. The molecule has 1 aliphatic rings. The SMILES string of the molecule is CC(C)CC(=O)N1CCCC(Nc2ccccc2)C1. The van der Waals surface area contributed by atoms with Gasteiger partial charge < -0.3 is 10.2 Å². The van der Waals surface area contributed by atoms with Crippen LogP contribution < -0.4 is 5.32 Å². The Morgan fingerprint density at radius 2 is 2.11 bits per heavy atom. The molecule has 104 valence electrons. The first-order valence-corrected chi connectivity index (χ1v) is 7.24. The van der Waals surface area contributed by atoms with E-state index >= 15 is 0 Å². The van der Waals surface area contributed by atoms with Gasteiger partial charge in [-0.05, 0) is 30.9 Å².